The van der Waals surface area contributed by atoms with E-state index in [1.54, 1.807) is 41.1 Å². The number of thiophene rings is 1. The Morgan fingerprint density at radius 2 is 1.93 bits per heavy atom. The molecular weight excluding hydrogens is 380 g/mol. The van der Waals surface area contributed by atoms with Crippen LogP contribution in [0.15, 0.2) is 23.0 Å². The first-order valence-electron chi connectivity index (χ1n) is 8.78. The van der Waals surface area contributed by atoms with Crippen molar-refractivity contribution in [1.82, 2.24) is 9.97 Å². The summed E-state index contributed by atoms with van der Waals surface area (Å²) in [5, 5.41) is 0.428. The van der Waals surface area contributed by atoms with E-state index >= 15 is 0 Å². The van der Waals surface area contributed by atoms with E-state index in [4.69, 9.17) is 14.2 Å². The lowest BCUT2D eigenvalue weighted by atomic mass is 10.1. The van der Waals surface area contributed by atoms with Gasteiger partial charge in [0.25, 0.3) is 5.56 Å². The van der Waals surface area contributed by atoms with Crippen molar-refractivity contribution in [1.29, 1.82) is 0 Å². The fourth-order valence-electron chi connectivity index (χ4n) is 2.92. The molecule has 3 rings (SSSR count). The molecule has 2 heterocycles. The number of nitrogens with zero attached hydrogens (tertiary/aromatic N) is 1. The molecule has 0 bridgehead atoms. The lowest BCUT2D eigenvalue weighted by molar-refractivity contribution is 0.0383. The summed E-state index contributed by atoms with van der Waals surface area (Å²) in [6.45, 7) is 5.31. The molecule has 0 unspecified atom stereocenters. The number of esters is 1. The van der Waals surface area contributed by atoms with Crippen molar-refractivity contribution in [2.24, 2.45) is 0 Å². The summed E-state index contributed by atoms with van der Waals surface area (Å²) in [6.07, 6.45) is 0.179. The second-order valence-electron chi connectivity index (χ2n) is 6.57. The van der Waals surface area contributed by atoms with Crippen molar-refractivity contribution in [2.75, 3.05) is 14.2 Å². The molecule has 0 radical (unpaired) electrons. The van der Waals surface area contributed by atoms with Gasteiger partial charge in [0.1, 0.15) is 15.5 Å². The number of carbonyl (C=O) groups is 1. The van der Waals surface area contributed by atoms with E-state index in [-0.39, 0.29) is 11.7 Å². The SMILES string of the molecule is COc1ccc(Cc2nc3sc(C(=O)OC(C)C)c(C)c3c(=O)[nH]2)cc1OC. The molecule has 0 atom stereocenters. The summed E-state index contributed by atoms with van der Waals surface area (Å²) in [4.78, 5) is 33.2. The predicted octanol–water partition coefficient (Wildman–Crippen LogP) is 3.47. The number of aryl methyl sites for hydroxylation is 1. The smallest absolute Gasteiger partial charge is 0.348 e. The Bertz CT molecular complexity index is 1080. The minimum Gasteiger partial charge on any atom is -0.493 e. The van der Waals surface area contributed by atoms with Gasteiger partial charge in [0, 0.05) is 6.42 Å². The van der Waals surface area contributed by atoms with E-state index in [0.717, 1.165) is 5.56 Å². The summed E-state index contributed by atoms with van der Waals surface area (Å²) in [5.41, 5.74) is 1.24. The van der Waals surface area contributed by atoms with Gasteiger partial charge < -0.3 is 19.2 Å². The van der Waals surface area contributed by atoms with Gasteiger partial charge in [-0.15, -0.1) is 11.3 Å². The summed E-state index contributed by atoms with van der Waals surface area (Å²) in [6, 6.07) is 5.53. The second-order valence-corrected chi connectivity index (χ2v) is 7.57. The average molecular weight is 402 g/mol. The summed E-state index contributed by atoms with van der Waals surface area (Å²) >= 11 is 1.18. The number of carbonyl (C=O) groups excluding carboxylic acids is 1. The molecule has 0 fully saturated rings. The lowest BCUT2D eigenvalue weighted by Crippen LogP contribution is -2.13. The highest BCUT2D eigenvalue weighted by Crippen LogP contribution is 2.30. The van der Waals surface area contributed by atoms with Gasteiger partial charge in [0.05, 0.1) is 25.7 Å². The molecule has 0 spiro atoms. The Hall–Kier alpha value is -2.87. The third-order valence-electron chi connectivity index (χ3n) is 4.20. The van der Waals surface area contributed by atoms with Crippen LogP contribution in [0.4, 0.5) is 0 Å². The molecule has 2 aromatic heterocycles. The molecule has 148 valence electrons. The van der Waals surface area contributed by atoms with E-state index in [0.29, 0.717) is 44.4 Å². The van der Waals surface area contributed by atoms with E-state index < -0.39 is 5.97 Å². The zero-order valence-electron chi connectivity index (χ0n) is 16.4. The average Bonchev–Trinajstić information content (AvgIpc) is 2.98. The molecular formula is C20H22N2O5S. The van der Waals surface area contributed by atoms with Crippen LogP contribution in [-0.2, 0) is 11.2 Å². The highest BCUT2D eigenvalue weighted by molar-refractivity contribution is 7.20. The summed E-state index contributed by atoms with van der Waals surface area (Å²) in [7, 11) is 3.14. The molecule has 1 aromatic carbocycles. The molecule has 1 N–H and O–H groups in total. The maximum atomic E-state index is 12.6. The fourth-order valence-corrected chi connectivity index (χ4v) is 4.00. The van der Waals surface area contributed by atoms with Gasteiger partial charge in [-0.05, 0) is 44.0 Å². The lowest BCUT2D eigenvalue weighted by Gasteiger charge is -2.09. The van der Waals surface area contributed by atoms with Gasteiger partial charge in [-0.1, -0.05) is 6.07 Å². The van der Waals surface area contributed by atoms with Crippen LogP contribution in [0.3, 0.4) is 0 Å². The van der Waals surface area contributed by atoms with E-state index in [1.165, 1.54) is 11.3 Å². The number of hydrogen-bond acceptors (Lipinski definition) is 7. The fraction of sp³-hybridized carbons (Fsp3) is 0.350. The quantitative estimate of drug-likeness (QED) is 0.635. The van der Waals surface area contributed by atoms with E-state index in [2.05, 4.69) is 9.97 Å². The Balaban J connectivity index is 1.98. The van der Waals surface area contributed by atoms with Gasteiger partial charge in [-0.25, -0.2) is 9.78 Å². The normalized spacial score (nSPS) is 11.1. The Morgan fingerprint density at radius 3 is 2.57 bits per heavy atom. The Labute approximate surface area is 166 Å². The number of nitrogens with one attached hydrogen (secondary N) is 1. The first-order chi connectivity index (χ1) is 13.3. The number of methoxy groups -OCH3 is 2. The van der Waals surface area contributed by atoms with Crippen LogP contribution >= 0.6 is 11.3 Å². The molecule has 0 saturated carbocycles. The minimum absolute atomic E-state index is 0.232. The van der Waals surface area contributed by atoms with Crippen LogP contribution in [0.25, 0.3) is 10.2 Å². The van der Waals surface area contributed by atoms with Crippen molar-refractivity contribution in [3.8, 4) is 11.5 Å². The van der Waals surface area contributed by atoms with Crippen molar-refractivity contribution in [3.05, 3.63) is 50.4 Å². The third kappa shape index (κ3) is 3.87. The number of H-pyrrole nitrogens is 1. The molecule has 7 nitrogen and oxygen atoms in total. The van der Waals surface area contributed by atoms with Crippen LogP contribution in [0.1, 0.15) is 40.5 Å². The van der Waals surface area contributed by atoms with E-state index in [9.17, 15) is 9.59 Å². The number of hydrogen-bond donors (Lipinski definition) is 1. The van der Waals surface area contributed by atoms with E-state index in [1.807, 2.05) is 12.1 Å². The van der Waals surface area contributed by atoms with Crippen LogP contribution in [0.2, 0.25) is 0 Å². The zero-order valence-corrected chi connectivity index (χ0v) is 17.2. The van der Waals surface area contributed by atoms with Gasteiger partial charge in [-0.3, -0.25) is 4.79 Å². The Kier molecular flexibility index (Phi) is 5.69. The van der Waals surface area contributed by atoms with Crippen LogP contribution in [0.5, 0.6) is 11.5 Å². The van der Waals surface area contributed by atoms with Gasteiger partial charge in [0.2, 0.25) is 0 Å². The second kappa shape index (κ2) is 8.02. The molecule has 0 saturated heterocycles. The predicted molar refractivity (Wildman–Crippen MR) is 108 cm³/mol. The molecule has 3 aromatic rings. The molecule has 0 aliphatic heterocycles. The van der Waals surface area contributed by atoms with Crippen molar-refractivity contribution >= 4 is 27.5 Å². The number of aromatic amines is 1. The molecule has 28 heavy (non-hydrogen) atoms. The van der Waals surface area contributed by atoms with Crippen LogP contribution in [0, 0.1) is 6.92 Å². The van der Waals surface area contributed by atoms with Gasteiger partial charge in [0.15, 0.2) is 11.5 Å². The third-order valence-corrected chi connectivity index (χ3v) is 5.36. The topological polar surface area (TPSA) is 90.5 Å². The number of rotatable bonds is 6. The summed E-state index contributed by atoms with van der Waals surface area (Å²) in [5.74, 6) is 1.31. The Morgan fingerprint density at radius 1 is 1.21 bits per heavy atom. The first kappa shape index (κ1) is 19.9. The van der Waals surface area contributed by atoms with Crippen molar-refractivity contribution in [2.45, 2.75) is 33.3 Å². The highest BCUT2D eigenvalue weighted by Gasteiger charge is 2.21. The first-order valence-corrected chi connectivity index (χ1v) is 9.59. The number of fused-ring (bicyclic) bond motifs is 1. The largest absolute Gasteiger partial charge is 0.493 e. The van der Waals surface area contributed by atoms with Crippen LogP contribution < -0.4 is 15.0 Å². The maximum absolute atomic E-state index is 12.6. The molecule has 0 aliphatic rings. The zero-order chi connectivity index (χ0) is 20.4. The van der Waals surface area contributed by atoms with Gasteiger partial charge >= 0.3 is 5.97 Å². The summed E-state index contributed by atoms with van der Waals surface area (Å²) < 4.78 is 15.8. The number of benzene rings is 1. The molecule has 0 amide bonds. The molecule has 8 heteroatoms. The molecule has 0 aliphatic carbocycles. The maximum Gasteiger partial charge on any atom is 0.348 e. The number of ether oxygens (including phenoxy) is 3. The minimum atomic E-state index is -0.434. The number of aromatic nitrogens is 2. The van der Waals surface area contributed by atoms with Crippen LogP contribution in [-0.4, -0.2) is 36.3 Å². The monoisotopic (exact) mass is 402 g/mol. The highest BCUT2D eigenvalue weighted by atomic mass is 32.1. The van der Waals surface area contributed by atoms with Crippen molar-refractivity contribution < 1.29 is 19.0 Å². The van der Waals surface area contributed by atoms with Gasteiger partial charge in [-0.2, -0.15) is 0 Å². The van der Waals surface area contributed by atoms with Crippen molar-refractivity contribution in [3.63, 3.8) is 0 Å². The standard InChI is InChI=1S/C20H22N2O5S/c1-10(2)27-20(24)17-11(3)16-18(23)21-15(22-19(16)28-17)9-12-6-7-13(25-4)14(8-12)26-5/h6-8,10H,9H2,1-5H3,(H,21,22,23).